The maximum Gasteiger partial charge on any atom is 0.323 e. The number of hydrogen-bond donors (Lipinski definition) is 1. The summed E-state index contributed by atoms with van der Waals surface area (Å²) in [5.41, 5.74) is 0. The molecule has 8 nitrogen and oxygen atoms in total. The molecule has 0 unspecified atom stereocenters. The third-order valence-electron chi connectivity index (χ3n) is 3.83. The van der Waals surface area contributed by atoms with Crippen molar-refractivity contribution in [3.05, 3.63) is 23.2 Å². The molecule has 0 radical (unpaired) electrons. The molecule has 3 heterocycles. The highest BCUT2D eigenvalue weighted by Crippen LogP contribution is 2.23. The molecule has 1 saturated heterocycles. The average molecular weight is 321 g/mol. The summed E-state index contributed by atoms with van der Waals surface area (Å²) in [4.78, 5) is 20.8. The zero-order chi connectivity index (χ0) is 15.7. The number of aromatic nitrogens is 4. The van der Waals surface area contributed by atoms with Crippen LogP contribution in [0.5, 0.6) is 0 Å². The first-order valence-electron chi connectivity index (χ1n) is 7.08. The van der Waals surface area contributed by atoms with Crippen LogP contribution in [-0.2, 0) is 7.05 Å². The minimum Gasteiger partial charge on any atom is -0.337 e. The maximum absolute atomic E-state index is 12.4. The van der Waals surface area contributed by atoms with E-state index in [9.17, 15) is 4.79 Å². The van der Waals surface area contributed by atoms with Gasteiger partial charge in [0.15, 0.2) is 0 Å². The summed E-state index contributed by atoms with van der Waals surface area (Å²) in [6.07, 6.45) is 3.71. The van der Waals surface area contributed by atoms with Crippen LogP contribution in [0.3, 0.4) is 0 Å². The molecule has 3 rings (SSSR count). The van der Waals surface area contributed by atoms with Crippen molar-refractivity contribution < 1.29 is 4.79 Å². The van der Waals surface area contributed by atoms with Gasteiger partial charge in [-0.15, -0.1) is 10.2 Å². The number of piperazine rings is 1. The molecule has 0 saturated carbocycles. The highest BCUT2D eigenvalue weighted by molar-refractivity contribution is 7.15. The van der Waals surface area contributed by atoms with Gasteiger partial charge in [-0.3, -0.25) is 10.2 Å². The summed E-state index contributed by atoms with van der Waals surface area (Å²) in [5, 5.41) is 12.0. The second kappa shape index (κ2) is 6.01. The Kier molecular flexibility index (Phi) is 4.08. The molecular weight excluding hydrogens is 302 g/mol. The monoisotopic (exact) mass is 321 g/mol. The molecule has 1 atom stereocenters. The number of aryl methyl sites for hydroxylation is 2. The number of hydrogen-bond acceptors (Lipinski definition) is 6. The minimum absolute atomic E-state index is 0.0932. The smallest absolute Gasteiger partial charge is 0.323 e. The van der Waals surface area contributed by atoms with E-state index in [4.69, 9.17) is 0 Å². The van der Waals surface area contributed by atoms with Crippen LogP contribution in [-0.4, -0.2) is 62.3 Å². The molecule has 0 spiro atoms. The van der Waals surface area contributed by atoms with Gasteiger partial charge in [-0.2, -0.15) is 0 Å². The molecule has 1 aliphatic heterocycles. The highest BCUT2D eigenvalue weighted by atomic mass is 32.1. The zero-order valence-electron chi connectivity index (χ0n) is 12.9. The Bertz CT molecular complexity index is 667. The first kappa shape index (κ1) is 14.9. The first-order chi connectivity index (χ1) is 10.5. The van der Waals surface area contributed by atoms with E-state index in [1.807, 2.05) is 24.7 Å². The van der Waals surface area contributed by atoms with E-state index in [2.05, 4.69) is 32.4 Å². The average Bonchev–Trinajstić information content (AvgIpc) is 3.08. The van der Waals surface area contributed by atoms with Gasteiger partial charge in [-0.1, -0.05) is 11.3 Å². The Morgan fingerprint density at radius 2 is 2.18 bits per heavy atom. The van der Waals surface area contributed by atoms with Gasteiger partial charge in [0.2, 0.25) is 5.13 Å². The molecule has 2 aromatic heterocycles. The van der Waals surface area contributed by atoms with Crippen LogP contribution in [0.2, 0.25) is 0 Å². The number of carbonyl (C=O) groups excluding carboxylic acids is 1. The van der Waals surface area contributed by atoms with Crippen LogP contribution < -0.4 is 5.32 Å². The standard InChI is InChI=1S/C13H19N7OS/c1-9-16-17-12(22-9)15-13(21)20-7-6-18(2)10(8-20)11-14-4-5-19(11)3/h4-5,10H,6-8H2,1-3H3,(H,15,17,21)/t10-/m1/s1. The molecule has 0 aromatic carbocycles. The van der Waals surface area contributed by atoms with Crippen LogP contribution in [0.4, 0.5) is 9.93 Å². The van der Waals surface area contributed by atoms with E-state index in [1.165, 1.54) is 11.3 Å². The number of anilines is 1. The lowest BCUT2D eigenvalue weighted by molar-refractivity contribution is 0.110. The van der Waals surface area contributed by atoms with Crippen LogP contribution in [0.1, 0.15) is 16.9 Å². The predicted molar refractivity (Wildman–Crippen MR) is 83.8 cm³/mol. The van der Waals surface area contributed by atoms with Crippen molar-refractivity contribution in [3.63, 3.8) is 0 Å². The van der Waals surface area contributed by atoms with Gasteiger partial charge < -0.3 is 9.47 Å². The number of urea groups is 1. The molecule has 118 valence electrons. The van der Waals surface area contributed by atoms with Crippen molar-refractivity contribution in [1.82, 2.24) is 29.5 Å². The second-order valence-electron chi connectivity index (χ2n) is 5.40. The molecular formula is C13H19N7OS. The van der Waals surface area contributed by atoms with E-state index < -0.39 is 0 Å². The molecule has 2 amide bonds. The van der Waals surface area contributed by atoms with Gasteiger partial charge in [0.05, 0.1) is 6.04 Å². The SMILES string of the molecule is Cc1nnc(NC(=O)N2CCN(C)[C@@H](c3nccn3C)C2)s1. The van der Waals surface area contributed by atoms with E-state index in [-0.39, 0.29) is 12.1 Å². The Morgan fingerprint density at radius 1 is 1.36 bits per heavy atom. The van der Waals surface area contributed by atoms with Gasteiger partial charge in [-0.25, -0.2) is 9.78 Å². The quantitative estimate of drug-likeness (QED) is 0.896. The molecule has 1 N–H and O–H groups in total. The molecule has 22 heavy (non-hydrogen) atoms. The van der Waals surface area contributed by atoms with E-state index in [0.29, 0.717) is 18.2 Å². The summed E-state index contributed by atoms with van der Waals surface area (Å²) >= 11 is 1.37. The summed E-state index contributed by atoms with van der Waals surface area (Å²) in [5.74, 6) is 0.965. The van der Waals surface area contributed by atoms with Gasteiger partial charge in [-0.05, 0) is 14.0 Å². The van der Waals surface area contributed by atoms with Crippen LogP contribution in [0, 0.1) is 6.92 Å². The molecule has 0 aliphatic carbocycles. The van der Waals surface area contributed by atoms with E-state index in [0.717, 1.165) is 17.4 Å². The third-order valence-corrected chi connectivity index (χ3v) is 4.59. The Morgan fingerprint density at radius 3 is 2.82 bits per heavy atom. The Labute approximate surface area is 132 Å². The fourth-order valence-electron chi connectivity index (χ4n) is 2.55. The number of likely N-dealkylation sites (N-methyl/N-ethyl adjacent to an activating group) is 1. The fraction of sp³-hybridized carbons (Fsp3) is 0.538. The second-order valence-corrected chi connectivity index (χ2v) is 6.58. The zero-order valence-corrected chi connectivity index (χ0v) is 13.7. The number of nitrogens with one attached hydrogen (secondary N) is 1. The minimum atomic E-state index is -0.136. The summed E-state index contributed by atoms with van der Waals surface area (Å²) in [6.45, 7) is 3.95. The Balaban J connectivity index is 1.70. The predicted octanol–water partition coefficient (Wildman–Crippen LogP) is 1.10. The van der Waals surface area contributed by atoms with Gasteiger partial charge in [0, 0.05) is 39.1 Å². The molecule has 1 aliphatic rings. The number of nitrogens with zero attached hydrogens (tertiary/aromatic N) is 6. The number of amides is 2. The lowest BCUT2D eigenvalue weighted by Gasteiger charge is -2.38. The summed E-state index contributed by atoms with van der Waals surface area (Å²) < 4.78 is 2.00. The van der Waals surface area contributed by atoms with E-state index >= 15 is 0 Å². The van der Waals surface area contributed by atoms with Gasteiger partial charge in [0.1, 0.15) is 10.8 Å². The van der Waals surface area contributed by atoms with Crippen LogP contribution in [0.25, 0.3) is 0 Å². The summed E-state index contributed by atoms with van der Waals surface area (Å²) in [6, 6.07) is -0.0425. The molecule has 9 heteroatoms. The van der Waals surface area contributed by atoms with Crippen molar-refractivity contribution in [2.75, 3.05) is 32.0 Å². The van der Waals surface area contributed by atoms with Crippen LogP contribution in [0.15, 0.2) is 12.4 Å². The lowest BCUT2D eigenvalue weighted by Crippen LogP contribution is -2.50. The maximum atomic E-state index is 12.4. The van der Waals surface area contributed by atoms with Crippen molar-refractivity contribution in [3.8, 4) is 0 Å². The van der Waals surface area contributed by atoms with Crippen molar-refractivity contribution >= 4 is 22.5 Å². The fourth-order valence-corrected chi connectivity index (χ4v) is 3.13. The third kappa shape index (κ3) is 2.95. The number of rotatable bonds is 2. The molecule has 2 aromatic rings. The largest absolute Gasteiger partial charge is 0.337 e. The van der Waals surface area contributed by atoms with E-state index in [1.54, 1.807) is 11.1 Å². The first-order valence-corrected chi connectivity index (χ1v) is 7.89. The van der Waals surface area contributed by atoms with Gasteiger partial charge in [0.25, 0.3) is 0 Å². The van der Waals surface area contributed by atoms with Crippen molar-refractivity contribution in [2.45, 2.75) is 13.0 Å². The number of carbonyl (C=O) groups is 1. The molecule has 0 bridgehead atoms. The van der Waals surface area contributed by atoms with Crippen molar-refractivity contribution in [1.29, 1.82) is 0 Å². The number of imidazole rings is 1. The molecule has 1 fully saturated rings. The normalized spacial score (nSPS) is 19.4. The highest BCUT2D eigenvalue weighted by Gasteiger charge is 2.31. The summed E-state index contributed by atoms with van der Waals surface area (Å²) in [7, 11) is 4.03. The topological polar surface area (TPSA) is 79.2 Å². The Hall–Kier alpha value is -2.00. The lowest BCUT2D eigenvalue weighted by atomic mass is 10.1. The van der Waals surface area contributed by atoms with Gasteiger partial charge >= 0.3 is 6.03 Å². The van der Waals surface area contributed by atoms with Crippen molar-refractivity contribution in [2.24, 2.45) is 7.05 Å². The van der Waals surface area contributed by atoms with Crippen LogP contribution >= 0.6 is 11.3 Å².